The van der Waals surface area contributed by atoms with Gasteiger partial charge in [0.1, 0.15) is 11.5 Å². The molecule has 0 radical (unpaired) electrons. The van der Waals surface area contributed by atoms with Gasteiger partial charge in [0, 0.05) is 0 Å². The summed E-state index contributed by atoms with van der Waals surface area (Å²) in [6.07, 6.45) is 0. The Labute approximate surface area is 103 Å². The van der Waals surface area contributed by atoms with Crippen LogP contribution in [-0.4, -0.2) is 14.2 Å². The molecule has 0 aliphatic heterocycles. The van der Waals surface area contributed by atoms with Gasteiger partial charge in [-0.3, -0.25) is 0 Å². The standard InChI is InChI=1S/C8H10O.C7H8O/c1-7-5-3-4-6-8(7)9-2;1-8-7-5-3-2-4-6-7/h3-6H,1-2H3;2-6H,1H3. The van der Waals surface area contributed by atoms with Crippen LogP contribution in [0.25, 0.3) is 0 Å². The van der Waals surface area contributed by atoms with Gasteiger partial charge in [0.15, 0.2) is 0 Å². The van der Waals surface area contributed by atoms with Crippen molar-refractivity contribution >= 4 is 0 Å². The minimum Gasteiger partial charge on any atom is -0.497 e. The average Bonchev–Trinajstić information content (AvgIpc) is 2.41. The number of aryl methyl sites for hydroxylation is 1. The maximum Gasteiger partial charge on any atom is 0.121 e. The van der Waals surface area contributed by atoms with E-state index in [1.54, 1.807) is 14.2 Å². The number of methoxy groups -OCH3 is 2. The van der Waals surface area contributed by atoms with Gasteiger partial charge < -0.3 is 9.47 Å². The molecule has 2 nitrogen and oxygen atoms in total. The summed E-state index contributed by atoms with van der Waals surface area (Å²) in [5.74, 6) is 1.87. The third kappa shape index (κ3) is 4.60. The van der Waals surface area contributed by atoms with E-state index in [0.29, 0.717) is 0 Å². The SMILES string of the molecule is COc1ccccc1.COc1ccccc1C. The zero-order chi connectivity index (χ0) is 12.5. The van der Waals surface area contributed by atoms with Crippen molar-refractivity contribution in [3.05, 3.63) is 60.2 Å². The van der Waals surface area contributed by atoms with Gasteiger partial charge in [0.2, 0.25) is 0 Å². The highest BCUT2D eigenvalue weighted by Crippen LogP contribution is 2.14. The number of rotatable bonds is 2. The summed E-state index contributed by atoms with van der Waals surface area (Å²) in [5, 5.41) is 0. The Morgan fingerprint density at radius 3 is 1.71 bits per heavy atom. The molecule has 0 saturated carbocycles. The predicted molar refractivity (Wildman–Crippen MR) is 70.7 cm³/mol. The Morgan fingerprint density at radius 2 is 1.29 bits per heavy atom. The van der Waals surface area contributed by atoms with Crippen molar-refractivity contribution in [3.63, 3.8) is 0 Å². The number of ether oxygens (including phenoxy) is 2. The van der Waals surface area contributed by atoms with E-state index >= 15 is 0 Å². The van der Waals surface area contributed by atoms with E-state index in [9.17, 15) is 0 Å². The predicted octanol–water partition coefficient (Wildman–Crippen LogP) is 3.70. The van der Waals surface area contributed by atoms with Crippen molar-refractivity contribution in [1.82, 2.24) is 0 Å². The molecular formula is C15H18O2. The van der Waals surface area contributed by atoms with E-state index in [2.05, 4.69) is 0 Å². The fourth-order valence-electron chi connectivity index (χ4n) is 1.34. The van der Waals surface area contributed by atoms with E-state index < -0.39 is 0 Å². The molecule has 0 unspecified atom stereocenters. The number of benzene rings is 2. The van der Waals surface area contributed by atoms with Gasteiger partial charge in [-0.05, 0) is 30.7 Å². The van der Waals surface area contributed by atoms with Crippen molar-refractivity contribution in [1.29, 1.82) is 0 Å². The zero-order valence-electron chi connectivity index (χ0n) is 10.5. The first-order valence-electron chi connectivity index (χ1n) is 5.46. The lowest BCUT2D eigenvalue weighted by Crippen LogP contribution is -1.84. The lowest BCUT2D eigenvalue weighted by atomic mass is 10.2. The molecule has 2 aromatic carbocycles. The second-order valence-electron chi connectivity index (χ2n) is 3.49. The number of hydrogen-bond acceptors (Lipinski definition) is 2. The number of para-hydroxylation sites is 2. The monoisotopic (exact) mass is 230 g/mol. The molecule has 90 valence electrons. The van der Waals surface area contributed by atoms with Crippen molar-refractivity contribution in [2.24, 2.45) is 0 Å². The first kappa shape index (κ1) is 13.1. The van der Waals surface area contributed by atoms with Crippen LogP contribution in [0.15, 0.2) is 54.6 Å². The van der Waals surface area contributed by atoms with Gasteiger partial charge >= 0.3 is 0 Å². The van der Waals surface area contributed by atoms with Gasteiger partial charge in [-0.2, -0.15) is 0 Å². The molecule has 0 fully saturated rings. The zero-order valence-corrected chi connectivity index (χ0v) is 10.5. The van der Waals surface area contributed by atoms with E-state index in [1.165, 1.54) is 5.56 Å². The van der Waals surface area contributed by atoms with Crippen molar-refractivity contribution < 1.29 is 9.47 Å². The van der Waals surface area contributed by atoms with Crippen LogP contribution in [0.4, 0.5) is 0 Å². The van der Waals surface area contributed by atoms with Crippen LogP contribution >= 0.6 is 0 Å². The normalized spacial score (nSPS) is 8.88. The Kier molecular flexibility index (Phi) is 5.66. The third-order valence-electron chi connectivity index (χ3n) is 2.29. The molecule has 0 aliphatic carbocycles. The molecule has 2 aromatic rings. The molecular weight excluding hydrogens is 212 g/mol. The quantitative estimate of drug-likeness (QED) is 0.783. The van der Waals surface area contributed by atoms with E-state index in [4.69, 9.17) is 9.47 Å². The Hall–Kier alpha value is -1.96. The molecule has 0 heterocycles. The lowest BCUT2D eigenvalue weighted by Gasteiger charge is -2.00. The first-order valence-corrected chi connectivity index (χ1v) is 5.46. The van der Waals surface area contributed by atoms with Crippen LogP contribution in [0.2, 0.25) is 0 Å². The van der Waals surface area contributed by atoms with Crippen LogP contribution < -0.4 is 9.47 Å². The summed E-state index contributed by atoms with van der Waals surface area (Å²) in [6.45, 7) is 2.03. The second kappa shape index (κ2) is 7.34. The molecule has 0 N–H and O–H groups in total. The first-order chi connectivity index (χ1) is 8.27. The fraction of sp³-hybridized carbons (Fsp3) is 0.200. The Morgan fingerprint density at radius 1 is 0.706 bits per heavy atom. The summed E-state index contributed by atoms with van der Waals surface area (Å²) in [6, 6.07) is 17.6. The smallest absolute Gasteiger partial charge is 0.121 e. The lowest BCUT2D eigenvalue weighted by molar-refractivity contribution is 0.411. The fourth-order valence-corrected chi connectivity index (χ4v) is 1.34. The van der Waals surface area contributed by atoms with Gasteiger partial charge in [0.25, 0.3) is 0 Å². The largest absolute Gasteiger partial charge is 0.497 e. The van der Waals surface area contributed by atoms with Crippen LogP contribution in [0.1, 0.15) is 5.56 Å². The summed E-state index contributed by atoms with van der Waals surface area (Å²) < 4.78 is 9.96. The van der Waals surface area contributed by atoms with Crippen LogP contribution in [0, 0.1) is 6.92 Å². The van der Waals surface area contributed by atoms with Crippen molar-refractivity contribution in [3.8, 4) is 11.5 Å². The summed E-state index contributed by atoms with van der Waals surface area (Å²) in [4.78, 5) is 0. The van der Waals surface area contributed by atoms with E-state index in [0.717, 1.165) is 11.5 Å². The Bertz CT molecular complexity index is 424. The summed E-state index contributed by atoms with van der Waals surface area (Å²) in [7, 11) is 3.34. The molecule has 17 heavy (non-hydrogen) atoms. The highest BCUT2D eigenvalue weighted by molar-refractivity contribution is 5.31. The van der Waals surface area contributed by atoms with Gasteiger partial charge in [-0.1, -0.05) is 36.4 Å². The van der Waals surface area contributed by atoms with Crippen molar-refractivity contribution in [2.45, 2.75) is 6.92 Å². The second-order valence-corrected chi connectivity index (χ2v) is 3.49. The molecule has 0 aromatic heterocycles. The summed E-state index contributed by atoms with van der Waals surface area (Å²) >= 11 is 0. The molecule has 2 rings (SSSR count). The minimum absolute atomic E-state index is 0.910. The molecule has 0 saturated heterocycles. The molecule has 0 spiro atoms. The average molecular weight is 230 g/mol. The van der Waals surface area contributed by atoms with Gasteiger partial charge in [0.05, 0.1) is 14.2 Å². The van der Waals surface area contributed by atoms with Crippen LogP contribution in [0.3, 0.4) is 0 Å². The highest BCUT2D eigenvalue weighted by atomic mass is 16.5. The van der Waals surface area contributed by atoms with Gasteiger partial charge in [-0.15, -0.1) is 0 Å². The topological polar surface area (TPSA) is 18.5 Å². The van der Waals surface area contributed by atoms with Gasteiger partial charge in [-0.25, -0.2) is 0 Å². The number of hydrogen-bond donors (Lipinski definition) is 0. The molecule has 0 aliphatic rings. The Balaban J connectivity index is 0.000000171. The maximum atomic E-state index is 5.04. The molecule has 0 bridgehead atoms. The molecule has 2 heteroatoms. The van der Waals surface area contributed by atoms with E-state index in [1.807, 2.05) is 61.5 Å². The minimum atomic E-state index is 0.910. The highest BCUT2D eigenvalue weighted by Gasteiger charge is 1.90. The van der Waals surface area contributed by atoms with Crippen LogP contribution in [-0.2, 0) is 0 Å². The molecule has 0 atom stereocenters. The molecule has 0 amide bonds. The van der Waals surface area contributed by atoms with Crippen LogP contribution in [0.5, 0.6) is 11.5 Å². The summed E-state index contributed by atoms with van der Waals surface area (Å²) in [5.41, 5.74) is 1.18. The maximum absolute atomic E-state index is 5.04. The third-order valence-corrected chi connectivity index (χ3v) is 2.29. The van der Waals surface area contributed by atoms with E-state index in [-0.39, 0.29) is 0 Å². The van der Waals surface area contributed by atoms with Crippen molar-refractivity contribution in [2.75, 3.05) is 14.2 Å².